The molecule has 0 radical (unpaired) electrons. The molecule has 0 fully saturated rings. The zero-order chi connectivity index (χ0) is 12.0. The van der Waals surface area contributed by atoms with E-state index < -0.39 is 0 Å². The van der Waals surface area contributed by atoms with Crippen LogP contribution in [-0.2, 0) is 17.7 Å². The highest BCUT2D eigenvalue weighted by Gasteiger charge is 2.09. The lowest BCUT2D eigenvalue weighted by atomic mass is 10.1. The van der Waals surface area contributed by atoms with Crippen molar-refractivity contribution in [3.63, 3.8) is 0 Å². The molecule has 1 aromatic rings. The summed E-state index contributed by atoms with van der Waals surface area (Å²) in [5.74, 6) is 0. The first-order chi connectivity index (χ1) is 7.71. The van der Waals surface area contributed by atoms with Gasteiger partial charge in [0.05, 0.1) is 12.3 Å². The van der Waals surface area contributed by atoms with Gasteiger partial charge >= 0.3 is 0 Å². The summed E-state index contributed by atoms with van der Waals surface area (Å²) >= 11 is 0. The second-order valence-corrected chi connectivity index (χ2v) is 4.07. The molecule has 0 aliphatic rings. The summed E-state index contributed by atoms with van der Waals surface area (Å²) in [6.07, 6.45) is 2.12. The van der Waals surface area contributed by atoms with Gasteiger partial charge in [0.15, 0.2) is 0 Å². The average Bonchev–Trinajstić information content (AvgIpc) is 2.65. The number of ether oxygens (including phenoxy) is 1. The van der Waals surface area contributed by atoms with E-state index in [0.717, 1.165) is 31.7 Å². The molecule has 1 atom stereocenters. The summed E-state index contributed by atoms with van der Waals surface area (Å²) in [7, 11) is 3.72. The van der Waals surface area contributed by atoms with E-state index in [2.05, 4.69) is 28.1 Å². The molecule has 1 unspecified atom stereocenters. The van der Waals surface area contributed by atoms with Gasteiger partial charge in [0.1, 0.15) is 0 Å². The first-order valence-corrected chi connectivity index (χ1v) is 5.90. The van der Waals surface area contributed by atoms with Crippen LogP contribution in [0.1, 0.15) is 24.7 Å². The highest BCUT2D eigenvalue weighted by molar-refractivity contribution is 5.09. The fraction of sp³-hybridized carbons (Fsp3) is 0.750. The van der Waals surface area contributed by atoms with Gasteiger partial charge in [0, 0.05) is 25.4 Å². The van der Waals surface area contributed by atoms with Crippen molar-refractivity contribution >= 4 is 0 Å². The lowest BCUT2D eigenvalue weighted by molar-refractivity contribution is 0.166. The molecule has 16 heavy (non-hydrogen) atoms. The summed E-state index contributed by atoms with van der Waals surface area (Å²) in [6, 6.07) is 2.59. The lowest BCUT2D eigenvalue weighted by Crippen LogP contribution is -2.30. The number of aryl methyl sites for hydroxylation is 3. The first-order valence-electron chi connectivity index (χ1n) is 5.90. The van der Waals surface area contributed by atoms with Crippen molar-refractivity contribution in [3.8, 4) is 0 Å². The molecule has 0 spiro atoms. The minimum absolute atomic E-state index is 0.422. The molecule has 0 saturated carbocycles. The summed E-state index contributed by atoms with van der Waals surface area (Å²) in [5.41, 5.74) is 2.42. The van der Waals surface area contributed by atoms with E-state index in [-0.39, 0.29) is 0 Å². The number of likely N-dealkylation sites (N-methyl/N-ethyl adjacent to an activating group) is 1. The smallest absolute Gasteiger partial charge is 0.0615 e. The second-order valence-electron chi connectivity index (χ2n) is 4.07. The zero-order valence-electron chi connectivity index (χ0n) is 10.8. The topological polar surface area (TPSA) is 39.1 Å². The van der Waals surface area contributed by atoms with Crippen LogP contribution in [0.3, 0.4) is 0 Å². The van der Waals surface area contributed by atoms with Gasteiger partial charge < -0.3 is 10.1 Å². The van der Waals surface area contributed by atoms with Crippen LogP contribution in [-0.4, -0.2) is 36.6 Å². The molecule has 1 N–H and O–H groups in total. The van der Waals surface area contributed by atoms with E-state index in [0.29, 0.717) is 6.04 Å². The van der Waals surface area contributed by atoms with Gasteiger partial charge in [-0.05, 0) is 39.8 Å². The van der Waals surface area contributed by atoms with Gasteiger partial charge in [-0.25, -0.2) is 0 Å². The largest absolute Gasteiger partial charge is 0.383 e. The standard InChI is InChI=1S/C12H23N3O/c1-5-15-12(8-10(2)14-15)7-6-11(13-3)9-16-4/h8,11,13H,5-7,9H2,1-4H3. The maximum Gasteiger partial charge on any atom is 0.0615 e. The van der Waals surface area contributed by atoms with Crippen LogP contribution >= 0.6 is 0 Å². The van der Waals surface area contributed by atoms with Crippen LogP contribution in [0.25, 0.3) is 0 Å². The van der Waals surface area contributed by atoms with Crippen LogP contribution in [0, 0.1) is 6.92 Å². The van der Waals surface area contributed by atoms with E-state index in [1.165, 1.54) is 5.69 Å². The molecule has 1 heterocycles. The molecule has 0 aromatic carbocycles. The Hall–Kier alpha value is -0.870. The van der Waals surface area contributed by atoms with Crippen LogP contribution in [0.15, 0.2) is 6.07 Å². The average molecular weight is 225 g/mol. The first kappa shape index (κ1) is 13.2. The van der Waals surface area contributed by atoms with Crippen LogP contribution in [0.2, 0.25) is 0 Å². The highest BCUT2D eigenvalue weighted by Crippen LogP contribution is 2.08. The number of nitrogens with zero attached hydrogens (tertiary/aromatic N) is 2. The summed E-state index contributed by atoms with van der Waals surface area (Å²) in [4.78, 5) is 0. The third kappa shape index (κ3) is 3.61. The van der Waals surface area contributed by atoms with Gasteiger partial charge in [-0.1, -0.05) is 0 Å². The molecule has 0 saturated heterocycles. The van der Waals surface area contributed by atoms with Gasteiger partial charge in [-0.3, -0.25) is 4.68 Å². The molecule has 4 heteroatoms. The van der Waals surface area contributed by atoms with Gasteiger partial charge in [-0.15, -0.1) is 0 Å². The Morgan fingerprint density at radius 1 is 1.56 bits per heavy atom. The molecule has 1 rings (SSSR count). The zero-order valence-corrected chi connectivity index (χ0v) is 10.8. The van der Waals surface area contributed by atoms with Crippen molar-refractivity contribution in [1.29, 1.82) is 0 Å². The van der Waals surface area contributed by atoms with E-state index in [1.807, 2.05) is 14.0 Å². The number of nitrogens with one attached hydrogen (secondary N) is 1. The number of aromatic nitrogens is 2. The maximum atomic E-state index is 5.16. The third-order valence-electron chi connectivity index (χ3n) is 2.81. The Morgan fingerprint density at radius 3 is 2.88 bits per heavy atom. The summed E-state index contributed by atoms with van der Waals surface area (Å²) < 4.78 is 7.24. The van der Waals surface area contributed by atoms with Crippen LogP contribution in [0.5, 0.6) is 0 Å². The Labute approximate surface area is 98.0 Å². The Bertz CT molecular complexity index is 309. The predicted molar refractivity (Wildman–Crippen MR) is 65.7 cm³/mol. The van der Waals surface area contributed by atoms with E-state index >= 15 is 0 Å². The maximum absolute atomic E-state index is 5.16. The van der Waals surface area contributed by atoms with Gasteiger partial charge in [-0.2, -0.15) is 5.10 Å². The quantitative estimate of drug-likeness (QED) is 0.762. The van der Waals surface area contributed by atoms with Gasteiger partial charge in [0.2, 0.25) is 0 Å². The molecule has 4 nitrogen and oxygen atoms in total. The summed E-state index contributed by atoms with van der Waals surface area (Å²) in [6.45, 7) is 5.87. The molecule has 0 aliphatic heterocycles. The molecule has 1 aromatic heterocycles. The molecular weight excluding hydrogens is 202 g/mol. The Morgan fingerprint density at radius 2 is 2.31 bits per heavy atom. The van der Waals surface area contributed by atoms with Crippen molar-refractivity contribution in [2.24, 2.45) is 0 Å². The number of hydrogen-bond donors (Lipinski definition) is 1. The highest BCUT2D eigenvalue weighted by atomic mass is 16.5. The summed E-state index contributed by atoms with van der Waals surface area (Å²) in [5, 5.41) is 7.71. The lowest BCUT2D eigenvalue weighted by Gasteiger charge is -2.14. The minimum atomic E-state index is 0.422. The fourth-order valence-electron chi connectivity index (χ4n) is 1.91. The molecular formula is C12H23N3O. The molecule has 0 amide bonds. The monoisotopic (exact) mass is 225 g/mol. The fourth-order valence-corrected chi connectivity index (χ4v) is 1.91. The van der Waals surface area contributed by atoms with E-state index in [4.69, 9.17) is 4.74 Å². The SMILES string of the molecule is CCn1nc(C)cc1CCC(COC)NC. The van der Waals surface area contributed by atoms with E-state index in [1.54, 1.807) is 7.11 Å². The van der Waals surface area contributed by atoms with Crippen LogP contribution < -0.4 is 5.32 Å². The predicted octanol–water partition coefficient (Wildman–Crippen LogP) is 1.38. The number of methoxy groups -OCH3 is 1. The molecule has 0 bridgehead atoms. The Kier molecular flexibility index (Phi) is 5.49. The van der Waals surface area contributed by atoms with Crippen LogP contribution in [0.4, 0.5) is 0 Å². The Balaban J connectivity index is 2.52. The van der Waals surface area contributed by atoms with Crippen molar-refractivity contribution in [2.45, 2.75) is 39.3 Å². The second kappa shape index (κ2) is 6.66. The van der Waals surface area contributed by atoms with Crippen molar-refractivity contribution in [3.05, 3.63) is 17.5 Å². The normalized spacial score (nSPS) is 13.0. The third-order valence-corrected chi connectivity index (χ3v) is 2.81. The van der Waals surface area contributed by atoms with E-state index in [9.17, 15) is 0 Å². The van der Waals surface area contributed by atoms with Crippen molar-refractivity contribution < 1.29 is 4.74 Å². The number of hydrogen-bond acceptors (Lipinski definition) is 3. The molecule has 0 aliphatic carbocycles. The minimum Gasteiger partial charge on any atom is -0.383 e. The van der Waals surface area contributed by atoms with Crippen molar-refractivity contribution in [1.82, 2.24) is 15.1 Å². The number of rotatable bonds is 7. The van der Waals surface area contributed by atoms with Crippen molar-refractivity contribution in [2.75, 3.05) is 20.8 Å². The van der Waals surface area contributed by atoms with Gasteiger partial charge in [0.25, 0.3) is 0 Å². The molecule has 92 valence electrons.